The van der Waals surface area contributed by atoms with Gasteiger partial charge in [0.05, 0.1) is 0 Å². The monoisotopic (exact) mass is 249 g/mol. The zero-order valence-corrected chi connectivity index (χ0v) is 11.7. The number of carbonyl (C=O) groups is 1. The van der Waals surface area contributed by atoms with Gasteiger partial charge in [0.2, 0.25) is 0 Å². The summed E-state index contributed by atoms with van der Waals surface area (Å²) < 4.78 is 5.48. The SMILES string of the molecule is CC(C)Cc1cccc(OCC(=O)NC(C)C)c1. The van der Waals surface area contributed by atoms with Crippen molar-refractivity contribution in [1.82, 2.24) is 5.32 Å². The quantitative estimate of drug-likeness (QED) is 0.842. The predicted octanol–water partition coefficient (Wildman–Crippen LogP) is 2.79. The topological polar surface area (TPSA) is 38.3 Å². The number of rotatable bonds is 6. The maximum absolute atomic E-state index is 11.5. The first-order valence-electron chi connectivity index (χ1n) is 6.48. The molecule has 1 aromatic rings. The molecule has 0 unspecified atom stereocenters. The smallest absolute Gasteiger partial charge is 0.258 e. The molecule has 3 heteroatoms. The van der Waals surface area contributed by atoms with Gasteiger partial charge in [-0.05, 0) is 43.9 Å². The van der Waals surface area contributed by atoms with E-state index in [2.05, 4.69) is 25.2 Å². The number of hydrogen-bond acceptors (Lipinski definition) is 2. The summed E-state index contributed by atoms with van der Waals surface area (Å²) in [5.74, 6) is 1.29. The van der Waals surface area contributed by atoms with Gasteiger partial charge in [-0.1, -0.05) is 26.0 Å². The molecule has 0 atom stereocenters. The maximum atomic E-state index is 11.5. The normalized spacial score (nSPS) is 10.8. The van der Waals surface area contributed by atoms with Crippen molar-refractivity contribution >= 4 is 5.91 Å². The highest BCUT2D eigenvalue weighted by molar-refractivity contribution is 5.77. The lowest BCUT2D eigenvalue weighted by Crippen LogP contribution is -2.34. The van der Waals surface area contributed by atoms with Crippen LogP contribution in [-0.4, -0.2) is 18.6 Å². The summed E-state index contributed by atoms with van der Waals surface area (Å²) in [6.45, 7) is 8.30. The molecular formula is C15H23NO2. The van der Waals surface area contributed by atoms with Crippen molar-refractivity contribution in [1.29, 1.82) is 0 Å². The number of carbonyl (C=O) groups excluding carboxylic acids is 1. The van der Waals surface area contributed by atoms with Gasteiger partial charge < -0.3 is 10.1 Å². The predicted molar refractivity (Wildman–Crippen MR) is 73.8 cm³/mol. The minimum absolute atomic E-state index is 0.0727. The Morgan fingerprint density at radius 2 is 2.00 bits per heavy atom. The Labute approximate surface area is 110 Å². The molecule has 0 aliphatic carbocycles. The van der Waals surface area contributed by atoms with E-state index in [1.807, 2.05) is 32.0 Å². The number of benzene rings is 1. The minimum atomic E-state index is -0.0840. The van der Waals surface area contributed by atoms with Crippen LogP contribution in [-0.2, 0) is 11.2 Å². The Hall–Kier alpha value is -1.51. The molecule has 18 heavy (non-hydrogen) atoms. The number of hydrogen-bond donors (Lipinski definition) is 1. The average molecular weight is 249 g/mol. The third-order valence-corrected chi connectivity index (χ3v) is 2.36. The Kier molecular flexibility index (Phi) is 5.69. The van der Waals surface area contributed by atoms with E-state index in [0.29, 0.717) is 5.92 Å². The van der Waals surface area contributed by atoms with Crippen molar-refractivity contribution in [3.05, 3.63) is 29.8 Å². The summed E-state index contributed by atoms with van der Waals surface area (Å²) >= 11 is 0. The van der Waals surface area contributed by atoms with Crippen LogP contribution < -0.4 is 10.1 Å². The second-order valence-electron chi connectivity index (χ2n) is 5.26. The molecule has 0 radical (unpaired) electrons. The van der Waals surface area contributed by atoms with Crippen LogP contribution in [0.3, 0.4) is 0 Å². The van der Waals surface area contributed by atoms with Crippen LogP contribution in [0.15, 0.2) is 24.3 Å². The van der Waals surface area contributed by atoms with E-state index in [1.54, 1.807) is 0 Å². The van der Waals surface area contributed by atoms with E-state index >= 15 is 0 Å². The van der Waals surface area contributed by atoms with E-state index in [-0.39, 0.29) is 18.6 Å². The van der Waals surface area contributed by atoms with E-state index in [1.165, 1.54) is 5.56 Å². The molecule has 0 fully saturated rings. The van der Waals surface area contributed by atoms with Crippen LogP contribution in [0.5, 0.6) is 5.75 Å². The lowest BCUT2D eigenvalue weighted by atomic mass is 10.0. The van der Waals surface area contributed by atoms with Crippen molar-refractivity contribution in [3.8, 4) is 5.75 Å². The van der Waals surface area contributed by atoms with Crippen molar-refractivity contribution in [2.75, 3.05) is 6.61 Å². The van der Waals surface area contributed by atoms with Gasteiger partial charge in [-0.3, -0.25) is 4.79 Å². The van der Waals surface area contributed by atoms with Gasteiger partial charge >= 0.3 is 0 Å². The molecule has 0 saturated heterocycles. The third-order valence-electron chi connectivity index (χ3n) is 2.36. The van der Waals surface area contributed by atoms with Crippen LogP contribution in [0.1, 0.15) is 33.3 Å². The van der Waals surface area contributed by atoms with Crippen molar-refractivity contribution in [3.63, 3.8) is 0 Å². The molecule has 0 saturated carbocycles. The average Bonchev–Trinajstić information content (AvgIpc) is 2.25. The molecule has 100 valence electrons. The van der Waals surface area contributed by atoms with Crippen LogP contribution in [0.25, 0.3) is 0 Å². The first kappa shape index (κ1) is 14.6. The number of nitrogens with one attached hydrogen (secondary N) is 1. The molecule has 1 N–H and O–H groups in total. The van der Waals surface area contributed by atoms with E-state index in [9.17, 15) is 4.79 Å². The fourth-order valence-corrected chi connectivity index (χ4v) is 1.75. The lowest BCUT2D eigenvalue weighted by molar-refractivity contribution is -0.123. The van der Waals surface area contributed by atoms with Gasteiger partial charge in [0.1, 0.15) is 5.75 Å². The largest absolute Gasteiger partial charge is 0.484 e. The highest BCUT2D eigenvalue weighted by Crippen LogP contribution is 2.16. The van der Waals surface area contributed by atoms with Crippen LogP contribution in [0.2, 0.25) is 0 Å². The maximum Gasteiger partial charge on any atom is 0.258 e. The second kappa shape index (κ2) is 7.04. The standard InChI is InChI=1S/C15H23NO2/c1-11(2)8-13-6-5-7-14(9-13)18-10-15(17)16-12(3)4/h5-7,9,11-12H,8,10H2,1-4H3,(H,16,17). The van der Waals surface area contributed by atoms with E-state index in [4.69, 9.17) is 4.74 Å². The molecule has 1 amide bonds. The highest BCUT2D eigenvalue weighted by Gasteiger charge is 2.05. The fourth-order valence-electron chi connectivity index (χ4n) is 1.75. The van der Waals surface area contributed by atoms with E-state index < -0.39 is 0 Å². The first-order valence-corrected chi connectivity index (χ1v) is 6.48. The molecular weight excluding hydrogens is 226 g/mol. The Bertz CT molecular complexity index is 386. The summed E-state index contributed by atoms with van der Waals surface area (Å²) in [5.41, 5.74) is 1.24. The second-order valence-corrected chi connectivity index (χ2v) is 5.26. The Balaban J connectivity index is 2.49. The summed E-state index contributed by atoms with van der Waals surface area (Å²) in [5, 5.41) is 2.80. The summed E-state index contributed by atoms with van der Waals surface area (Å²) in [4.78, 5) is 11.5. The van der Waals surface area contributed by atoms with Gasteiger partial charge in [-0.15, -0.1) is 0 Å². The minimum Gasteiger partial charge on any atom is -0.484 e. The van der Waals surface area contributed by atoms with Crippen LogP contribution >= 0.6 is 0 Å². The van der Waals surface area contributed by atoms with Crippen molar-refractivity contribution in [2.45, 2.75) is 40.2 Å². The van der Waals surface area contributed by atoms with Gasteiger partial charge in [0, 0.05) is 6.04 Å². The van der Waals surface area contributed by atoms with E-state index in [0.717, 1.165) is 12.2 Å². The first-order chi connectivity index (χ1) is 8.47. The van der Waals surface area contributed by atoms with Gasteiger partial charge in [0.25, 0.3) is 5.91 Å². The molecule has 1 rings (SSSR count). The third kappa shape index (κ3) is 5.71. The van der Waals surface area contributed by atoms with Crippen molar-refractivity contribution < 1.29 is 9.53 Å². The van der Waals surface area contributed by atoms with Crippen molar-refractivity contribution in [2.24, 2.45) is 5.92 Å². The zero-order valence-electron chi connectivity index (χ0n) is 11.7. The molecule has 0 aliphatic rings. The van der Waals surface area contributed by atoms with Gasteiger partial charge in [-0.2, -0.15) is 0 Å². The van der Waals surface area contributed by atoms with Gasteiger partial charge in [-0.25, -0.2) is 0 Å². The molecule has 0 spiro atoms. The molecule has 1 aromatic carbocycles. The molecule has 0 aromatic heterocycles. The fraction of sp³-hybridized carbons (Fsp3) is 0.533. The molecule has 0 heterocycles. The Morgan fingerprint density at radius 1 is 1.28 bits per heavy atom. The van der Waals surface area contributed by atoms with Gasteiger partial charge in [0.15, 0.2) is 6.61 Å². The molecule has 0 aliphatic heterocycles. The molecule has 0 bridgehead atoms. The Morgan fingerprint density at radius 3 is 2.61 bits per heavy atom. The molecule has 3 nitrogen and oxygen atoms in total. The highest BCUT2D eigenvalue weighted by atomic mass is 16.5. The number of amides is 1. The lowest BCUT2D eigenvalue weighted by Gasteiger charge is -2.11. The summed E-state index contributed by atoms with van der Waals surface area (Å²) in [6.07, 6.45) is 1.02. The van der Waals surface area contributed by atoms with Crippen LogP contribution in [0.4, 0.5) is 0 Å². The van der Waals surface area contributed by atoms with Crippen LogP contribution in [0, 0.1) is 5.92 Å². The summed E-state index contributed by atoms with van der Waals surface area (Å²) in [7, 11) is 0. The number of ether oxygens (including phenoxy) is 1. The summed E-state index contributed by atoms with van der Waals surface area (Å²) in [6, 6.07) is 8.08. The zero-order chi connectivity index (χ0) is 13.5.